The maximum Gasteiger partial charge on any atom is 0.0658 e. The number of hydrogen-bond acceptors (Lipinski definition) is 3. The lowest BCUT2D eigenvalue weighted by Crippen LogP contribution is -2.51. The second kappa shape index (κ2) is 6.33. The van der Waals surface area contributed by atoms with Gasteiger partial charge in [0.05, 0.1) is 12.7 Å². The van der Waals surface area contributed by atoms with Crippen LogP contribution in [0.25, 0.3) is 0 Å². The molecule has 1 heterocycles. The van der Waals surface area contributed by atoms with Crippen molar-refractivity contribution < 1.29 is 9.84 Å². The Labute approximate surface area is 124 Å². The minimum absolute atomic E-state index is 0.183. The van der Waals surface area contributed by atoms with Crippen molar-refractivity contribution in [3.8, 4) is 0 Å². The smallest absolute Gasteiger partial charge is 0.0658 e. The van der Waals surface area contributed by atoms with Crippen molar-refractivity contribution in [3.63, 3.8) is 0 Å². The van der Waals surface area contributed by atoms with Crippen LogP contribution in [0.3, 0.4) is 0 Å². The standard InChI is InChI=1S/C17H33NO2/c1-16(2,3)14-7-5-13(6-8-14)15(19)17(11-18)9-4-10-20-12-17/h13-15,19H,4-12,18H2,1-3H3. The van der Waals surface area contributed by atoms with Crippen LogP contribution in [0.4, 0.5) is 0 Å². The van der Waals surface area contributed by atoms with E-state index in [-0.39, 0.29) is 11.5 Å². The fraction of sp³-hybridized carbons (Fsp3) is 1.00. The molecule has 20 heavy (non-hydrogen) atoms. The van der Waals surface area contributed by atoms with E-state index >= 15 is 0 Å². The first-order chi connectivity index (χ1) is 9.39. The molecular formula is C17H33NO2. The highest BCUT2D eigenvalue weighted by atomic mass is 16.5. The lowest BCUT2D eigenvalue weighted by molar-refractivity contribution is -0.106. The molecule has 2 rings (SSSR count). The summed E-state index contributed by atoms with van der Waals surface area (Å²) in [6, 6.07) is 0. The van der Waals surface area contributed by atoms with Gasteiger partial charge in [-0.05, 0) is 55.8 Å². The van der Waals surface area contributed by atoms with E-state index in [0.29, 0.717) is 24.5 Å². The molecule has 1 aliphatic carbocycles. The minimum atomic E-state index is -0.284. The zero-order valence-electron chi connectivity index (χ0n) is 13.5. The first kappa shape index (κ1) is 16.3. The van der Waals surface area contributed by atoms with Crippen molar-refractivity contribution in [3.05, 3.63) is 0 Å². The third-order valence-electron chi connectivity index (χ3n) is 5.83. The molecule has 2 atom stereocenters. The molecule has 0 radical (unpaired) electrons. The summed E-state index contributed by atoms with van der Waals surface area (Å²) in [4.78, 5) is 0. The van der Waals surface area contributed by atoms with E-state index in [1.165, 1.54) is 12.8 Å². The maximum absolute atomic E-state index is 10.9. The van der Waals surface area contributed by atoms with Gasteiger partial charge in [0.25, 0.3) is 0 Å². The topological polar surface area (TPSA) is 55.5 Å². The van der Waals surface area contributed by atoms with Crippen LogP contribution in [0.5, 0.6) is 0 Å². The molecule has 1 saturated carbocycles. The first-order valence-corrected chi connectivity index (χ1v) is 8.35. The molecule has 3 N–H and O–H groups in total. The van der Waals surface area contributed by atoms with Crippen molar-refractivity contribution >= 4 is 0 Å². The largest absolute Gasteiger partial charge is 0.392 e. The van der Waals surface area contributed by atoms with Gasteiger partial charge in [0.2, 0.25) is 0 Å². The minimum Gasteiger partial charge on any atom is -0.392 e. The molecule has 0 aromatic heterocycles. The van der Waals surface area contributed by atoms with Crippen LogP contribution >= 0.6 is 0 Å². The summed E-state index contributed by atoms with van der Waals surface area (Å²) in [5.41, 5.74) is 6.22. The summed E-state index contributed by atoms with van der Waals surface area (Å²) in [5.74, 6) is 1.21. The van der Waals surface area contributed by atoms with Crippen LogP contribution in [0.15, 0.2) is 0 Å². The molecule has 3 heteroatoms. The van der Waals surface area contributed by atoms with Crippen molar-refractivity contribution in [1.29, 1.82) is 0 Å². The van der Waals surface area contributed by atoms with Gasteiger partial charge in [-0.1, -0.05) is 20.8 Å². The fourth-order valence-corrected chi connectivity index (χ4v) is 4.19. The van der Waals surface area contributed by atoms with E-state index in [9.17, 15) is 5.11 Å². The molecule has 2 fully saturated rings. The summed E-state index contributed by atoms with van der Waals surface area (Å²) in [7, 11) is 0. The highest BCUT2D eigenvalue weighted by molar-refractivity contribution is 4.95. The van der Waals surface area contributed by atoms with Crippen LogP contribution in [-0.4, -0.2) is 31.0 Å². The summed E-state index contributed by atoms with van der Waals surface area (Å²) >= 11 is 0. The highest BCUT2D eigenvalue weighted by Gasteiger charge is 2.44. The second-order valence-corrected chi connectivity index (χ2v) is 8.15. The fourth-order valence-electron chi connectivity index (χ4n) is 4.19. The lowest BCUT2D eigenvalue weighted by Gasteiger charge is -2.46. The van der Waals surface area contributed by atoms with Gasteiger partial charge < -0.3 is 15.6 Å². The molecular weight excluding hydrogens is 250 g/mol. The zero-order valence-corrected chi connectivity index (χ0v) is 13.5. The molecule has 1 aliphatic heterocycles. The molecule has 2 aliphatic rings. The van der Waals surface area contributed by atoms with Crippen LogP contribution in [0, 0.1) is 22.7 Å². The molecule has 3 nitrogen and oxygen atoms in total. The zero-order chi connectivity index (χ0) is 14.8. The summed E-state index contributed by atoms with van der Waals surface area (Å²) in [6.45, 7) is 9.03. The number of hydrogen-bond donors (Lipinski definition) is 2. The van der Waals surface area contributed by atoms with Crippen molar-refractivity contribution in [2.75, 3.05) is 19.8 Å². The van der Waals surface area contributed by atoms with Crippen molar-refractivity contribution in [1.82, 2.24) is 0 Å². The summed E-state index contributed by atoms with van der Waals surface area (Å²) < 4.78 is 5.62. The van der Waals surface area contributed by atoms with Gasteiger partial charge in [-0.15, -0.1) is 0 Å². The van der Waals surface area contributed by atoms with E-state index in [1.807, 2.05) is 0 Å². The number of aliphatic hydroxyl groups is 1. The normalized spacial score (nSPS) is 37.6. The van der Waals surface area contributed by atoms with Crippen LogP contribution in [0.2, 0.25) is 0 Å². The highest BCUT2D eigenvalue weighted by Crippen LogP contribution is 2.44. The van der Waals surface area contributed by atoms with Crippen molar-refractivity contribution in [2.24, 2.45) is 28.4 Å². The van der Waals surface area contributed by atoms with Gasteiger partial charge in [0.1, 0.15) is 0 Å². The van der Waals surface area contributed by atoms with E-state index < -0.39 is 0 Å². The van der Waals surface area contributed by atoms with Crippen molar-refractivity contribution in [2.45, 2.75) is 65.4 Å². The Morgan fingerprint density at radius 3 is 2.35 bits per heavy atom. The van der Waals surface area contributed by atoms with Gasteiger partial charge in [0, 0.05) is 18.6 Å². The SMILES string of the molecule is CC(C)(C)C1CCC(C(O)C2(CN)CCCOC2)CC1. The van der Waals surface area contributed by atoms with Gasteiger partial charge in [-0.3, -0.25) is 0 Å². The Bertz CT molecular complexity index is 297. The second-order valence-electron chi connectivity index (χ2n) is 8.15. The number of nitrogens with two attached hydrogens (primary N) is 1. The van der Waals surface area contributed by atoms with Crippen LogP contribution in [-0.2, 0) is 4.74 Å². The Morgan fingerprint density at radius 2 is 1.90 bits per heavy atom. The Kier molecular flexibility index (Phi) is 5.14. The molecule has 2 unspecified atom stereocenters. The summed E-state index contributed by atoms with van der Waals surface area (Å²) in [6.07, 6.45) is 6.54. The molecule has 0 amide bonds. The molecule has 118 valence electrons. The van der Waals surface area contributed by atoms with E-state index in [0.717, 1.165) is 38.2 Å². The predicted octanol–water partition coefficient (Wildman–Crippen LogP) is 2.96. The van der Waals surface area contributed by atoms with E-state index in [1.54, 1.807) is 0 Å². The molecule has 1 saturated heterocycles. The Hall–Kier alpha value is -0.120. The third kappa shape index (κ3) is 3.37. The molecule has 0 bridgehead atoms. The van der Waals surface area contributed by atoms with Gasteiger partial charge in [-0.2, -0.15) is 0 Å². The number of ether oxygens (including phenoxy) is 1. The molecule has 0 aromatic rings. The number of rotatable bonds is 3. The van der Waals surface area contributed by atoms with E-state index in [2.05, 4.69) is 20.8 Å². The maximum atomic E-state index is 10.9. The quantitative estimate of drug-likeness (QED) is 0.837. The third-order valence-corrected chi connectivity index (χ3v) is 5.83. The van der Waals surface area contributed by atoms with E-state index in [4.69, 9.17) is 10.5 Å². The Balaban J connectivity index is 1.95. The van der Waals surface area contributed by atoms with Gasteiger partial charge >= 0.3 is 0 Å². The van der Waals surface area contributed by atoms with Crippen LogP contribution in [0.1, 0.15) is 59.3 Å². The molecule has 0 spiro atoms. The van der Waals surface area contributed by atoms with Gasteiger partial charge in [-0.25, -0.2) is 0 Å². The summed E-state index contributed by atoms with van der Waals surface area (Å²) in [5, 5.41) is 10.9. The first-order valence-electron chi connectivity index (χ1n) is 8.35. The van der Waals surface area contributed by atoms with Gasteiger partial charge in [0.15, 0.2) is 0 Å². The average molecular weight is 283 g/mol. The average Bonchev–Trinajstić information content (AvgIpc) is 2.46. The molecule has 0 aromatic carbocycles. The lowest BCUT2D eigenvalue weighted by atomic mass is 9.64. The number of aliphatic hydroxyl groups excluding tert-OH is 1. The monoisotopic (exact) mass is 283 g/mol. The predicted molar refractivity (Wildman–Crippen MR) is 82.5 cm³/mol. The Morgan fingerprint density at radius 1 is 1.25 bits per heavy atom. The van der Waals surface area contributed by atoms with Crippen LogP contribution < -0.4 is 5.73 Å².